The van der Waals surface area contributed by atoms with Crippen LogP contribution in [0.5, 0.6) is 5.75 Å². The predicted molar refractivity (Wildman–Crippen MR) is 121 cm³/mol. The number of rotatable bonds is 7. The number of aromatic nitrogens is 2. The molecule has 1 heterocycles. The van der Waals surface area contributed by atoms with Crippen LogP contribution in [0.3, 0.4) is 0 Å². The third-order valence-corrected chi connectivity index (χ3v) is 5.17. The summed E-state index contributed by atoms with van der Waals surface area (Å²) in [5.41, 5.74) is -7.74. The average Bonchev–Trinajstić information content (AvgIpc) is 2.82. The molecule has 1 N–H and O–H groups in total. The number of anilines is 1. The fourth-order valence-electron chi connectivity index (χ4n) is 3.27. The average molecular weight is 559 g/mol. The summed E-state index contributed by atoms with van der Waals surface area (Å²) in [5, 5.41) is 24.1. The van der Waals surface area contributed by atoms with E-state index in [2.05, 4.69) is 0 Å². The van der Waals surface area contributed by atoms with Gasteiger partial charge in [-0.15, -0.1) is 0 Å². The minimum atomic E-state index is -5.02. The fourth-order valence-corrected chi connectivity index (χ4v) is 3.27. The number of nitrogens with one attached hydrogen (secondary N) is 1. The van der Waals surface area contributed by atoms with E-state index in [1.54, 1.807) is 0 Å². The predicted octanol–water partition coefficient (Wildman–Crippen LogP) is 3.06. The van der Waals surface area contributed by atoms with Crippen molar-refractivity contribution >= 4 is 23.0 Å². The van der Waals surface area contributed by atoms with Crippen molar-refractivity contribution in [2.24, 2.45) is 7.05 Å². The van der Waals surface area contributed by atoms with Gasteiger partial charge in [-0.2, -0.15) is 17.6 Å². The molecule has 2 aromatic carbocycles. The van der Waals surface area contributed by atoms with Crippen LogP contribution in [0.15, 0.2) is 46.0 Å². The molecule has 13 nitrogen and oxygen atoms in total. The second kappa shape index (κ2) is 10.3. The number of nitrogens with zero attached hydrogens (tertiary/aromatic N) is 4. The minimum Gasteiger partial charge on any atom is -0.474 e. The number of nitro benzene ring substituents is 2. The van der Waals surface area contributed by atoms with Crippen molar-refractivity contribution in [2.75, 3.05) is 5.32 Å². The minimum absolute atomic E-state index is 0.148. The van der Waals surface area contributed by atoms with E-state index < -0.39 is 85.1 Å². The van der Waals surface area contributed by atoms with E-state index >= 15 is 0 Å². The molecule has 1 atom stereocenters. The Morgan fingerprint density at radius 1 is 1.00 bits per heavy atom. The number of carbonyl (C=O) groups excluding carboxylic acids is 1. The lowest BCUT2D eigenvalue weighted by Crippen LogP contribution is -2.40. The first kappa shape index (κ1) is 28.4. The van der Waals surface area contributed by atoms with Crippen molar-refractivity contribution in [2.45, 2.75) is 19.2 Å². The highest BCUT2D eigenvalue weighted by Crippen LogP contribution is 2.34. The van der Waals surface area contributed by atoms with Crippen LogP contribution in [-0.2, 0) is 18.0 Å². The second-order valence-electron chi connectivity index (χ2n) is 7.74. The number of hydrogen-bond acceptors (Lipinski definition) is 8. The van der Waals surface area contributed by atoms with Crippen molar-refractivity contribution in [3.8, 4) is 11.4 Å². The molecular weight excluding hydrogens is 545 g/mol. The highest BCUT2D eigenvalue weighted by molar-refractivity contribution is 5.94. The molecule has 3 rings (SSSR count). The van der Waals surface area contributed by atoms with Crippen LogP contribution in [0.25, 0.3) is 5.69 Å². The van der Waals surface area contributed by atoms with Crippen molar-refractivity contribution < 1.29 is 41.3 Å². The quantitative estimate of drug-likeness (QED) is 0.262. The molecule has 1 aromatic heterocycles. The number of ether oxygens (including phenoxy) is 1. The van der Waals surface area contributed by atoms with Gasteiger partial charge in [0.25, 0.3) is 11.5 Å². The molecule has 0 aliphatic rings. The Labute approximate surface area is 212 Å². The molecule has 1 unspecified atom stereocenters. The van der Waals surface area contributed by atoms with Gasteiger partial charge in [-0.1, -0.05) is 0 Å². The van der Waals surface area contributed by atoms with Crippen molar-refractivity contribution in [1.29, 1.82) is 0 Å². The molecule has 0 fully saturated rings. The maximum absolute atomic E-state index is 14.4. The molecule has 1 amide bonds. The van der Waals surface area contributed by atoms with Gasteiger partial charge in [-0.3, -0.25) is 34.4 Å². The van der Waals surface area contributed by atoms with Gasteiger partial charge in [0.1, 0.15) is 17.6 Å². The lowest BCUT2D eigenvalue weighted by atomic mass is 10.2. The van der Waals surface area contributed by atoms with Gasteiger partial charge >= 0.3 is 23.2 Å². The van der Waals surface area contributed by atoms with E-state index in [1.807, 2.05) is 5.32 Å². The maximum Gasteiger partial charge on any atom is 0.431 e. The number of hydrogen-bond donors (Lipinski definition) is 1. The third-order valence-electron chi connectivity index (χ3n) is 5.17. The Hall–Kier alpha value is -5.16. The zero-order valence-corrected chi connectivity index (χ0v) is 19.5. The highest BCUT2D eigenvalue weighted by atomic mass is 19.4. The normalized spacial score (nSPS) is 12.1. The van der Waals surface area contributed by atoms with E-state index in [4.69, 9.17) is 4.74 Å². The Balaban J connectivity index is 1.94. The van der Waals surface area contributed by atoms with Gasteiger partial charge in [0, 0.05) is 19.2 Å². The molecule has 18 heteroatoms. The Kier molecular flexibility index (Phi) is 7.51. The Bertz CT molecular complexity index is 1630. The van der Waals surface area contributed by atoms with Crippen LogP contribution in [-0.4, -0.2) is 31.0 Å². The topological polar surface area (TPSA) is 169 Å². The molecule has 39 heavy (non-hydrogen) atoms. The number of halogens is 5. The van der Waals surface area contributed by atoms with E-state index in [-0.39, 0.29) is 21.3 Å². The fraction of sp³-hybridized carbons (Fsp3) is 0.190. The van der Waals surface area contributed by atoms with E-state index in [1.165, 1.54) is 0 Å². The van der Waals surface area contributed by atoms with E-state index in [0.717, 1.165) is 26.1 Å². The zero-order chi connectivity index (χ0) is 29.4. The molecule has 0 spiro atoms. The maximum atomic E-state index is 14.4. The van der Waals surface area contributed by atoms with Crippen LogP contribution < -0.4 is 21.3 Å². The second-order valence-corrected chi connectivity index (χ2v) is 7.74. The monoisotopic (exact) mass is 559 g/mol. The number of benzene rings is 2. The van der Waals surface area contributed by atoms with Crippen LogP contribution in [0.2, 0.25) is 0 Å². The first-order valence-corrected chi connectivity index (χ1v) is 10.3. The van der Waals surface area contributed by atoms with Crippen LogP contribution >= 0.6 is 0 Å². The first-order valence-electron chi connectivity index (χ1n) is 10.3. The number of amides is 1. The zero-order valence-electron chi connectivity index (χ0n) is 19.5. The smallest absolute Gasteiger partial charge is 0.431 e. The molecule has 3 aromatic rings. The first-order chi connectivity index (χ1) is 18.0. The molecule has 0 radical (unpaired) electrons. The third kappa shape index (κ3) is 5.73. The number of carbonyl (C=O) groups is 1. The molecule has 0 aliphatic heterocycles. The summed E-state index contributed by atoms with van der Waals surface area (Å²) in [6, 6.07) is 3.06. The molecule has 0 aliphatic carbocycles. The van der Waals surface area contributed by atoms with Gasteiger partial charge in [-0.05, 0) is 25.1 Å². The standard InChI is InChI=1S/C21H14F5N5O8/c1-9(39-16-6-12(23)14(30(35)36)7-15(16)31(37)38)19(33)27-13-5-10(3-4-11(13)22)29-18(32)8-17(21(24,25)26)28(2)20(29)34/h3-9H,1-2H3,(H,27,33). The molecular formula is C21H14F5N5O8. The number of alkyl halides is 3. The van der Waals surface area contributed by atoms with Crippen molar-refractivity contribution in [3.63, 3.8) is 0 Å². The summed E-state index contributed by atoms with van der Waals surface area (Å²) in [6.45, 7) is 1.01. The van der Waals surface area contributed by atoms with Crippen molar-refractivity contribution in [3.05, 3.63) is 94.8 Å². The van der Waals surface area contributed by atoms with Crippen LogP contribution in [0, 0.1) is 31.9 Å². The summed E-state index contributed by atoms with van der Waals surface area (Å²) in [6.07, 6.45) is -6.72. The van der Waals surface area contributed by atoms with Crippen molar-refractivity contribution in [1.82, 2.24) is 9.13 Å². The summed E-state index contributed by atoms with van der Waals surface area (Å²) in [7, 11) is 0.756. The van der Waals surface area contributed by atoms with Gasteiger partial charge < -0.3 is 10.1 Å². The van der Waals surface area contributed by atoms with Gasteiger partial charge in [0.2, 0.25) is 11.6 Å². The van der Waals surface area contributed by atoms with E-state index in [9.17, 15) is 56.6 Å². The van der Waals surface area contributed by atoms with Gasteiger partial charge in [0.05, 0.1) is 21.2 Å². The highest BCUT2D eigenvalue weighted by Gasteiger charge is 2.35. The van der Waals surface area contributed by atoms with Crippen LogP contribution in [0.4, 0.5) is 39.0 Å². The SMILES string of the molecule is CC(Oc1cc(F)c([N+](=O)[O-])cc1[N+](=O)[O-])C(=O)Nc1cc(-n2c(=O)cc(C(F)(F)F)n(C)c2=O)ccc1F. The molecule has 0 saturated heterocycles. The van der Waals surface area contributed by atoms with Crippen LogP contribution in [0.1, 0.15) is 12.6 Å². The Morgan fingerprint density at radius 2 is 1.62 bits per heavy atom. The van der Waals surface area contributed by atoms with Gasteiger partial charge in [0.15, 0.2) is 6.10 Å². The molecule has 0 saturated carbocycles. The summed E-state index contributed by atoms with van der Waals surface area (Å²) in [5.74, 6) is -4.68. The number of nitro groups is 2. The van der Waals surface area contributed by atoms with E-state index in [0.29, 0.717) is 12.1 Å². The summed E-state index contributed by atoms with van der Waals surface area (Å²) in [4.78, 5) is 57.1. The lowest BCUT2D eigenvalue weighted by Gasteiger charge is -2.16. The summed E-state index contributed by atoms with van der Waals surface area (Å²) >= 11 is 0. The van der Waals surface area contributed by atoms with Gasteiger partial charge in [-0.25, -0.2) is 13.8 Å². The summed E-state index contributed by atoms with van der Waals surface area (Å²) < 4.78 is 73.1. The lowest BCUT2D eigenvalue weighted by molar-refractivity contribution is -0.396. The largest absolute Gasteiger partial charge is 0.474 e. The molecule has 206 valence electrons. The Morgan fingerprint density at radius 3 is 2.18 bits per heavy atom. The molecule has 0 bridgehead atoms.